The predicted molar refractivity (Wildman–Crippen MR) is 242 cm³/mol. The Morgan fingerprint density at radius 2 is 1.73 bits per heavy atom. The molecule has 3 saturated heterocycles. The monoisotopic (exact) mass is 908 g/mol. The number of Topliss-reactive ketones (excluding diaryl/α,β-unsaturated/α-hetero) is 1. The first-order valence-corrected chi connectivity index (χ1v) is 25.4. The molecule has 2 aromatic carbocycles. The lowest BCUT2D eigenvalue weighted by Gasteiger charge is -2.64. The molecule has 5 saturated carbocycles. The van der Waals surface area contributed by atoms with Gasteiger partial charge in [-0.05, 0) is 190 Å². The van der Waals surface area contributed by atoms with Gasteiger partial charge in [-0.2, -0.15) is 0 Å². The molecule has 4 heterocycles. The molecule has 356 valence electrons. The zero-order valence-electron chi connectivity index (χ0n) is 38.6. The molecule has 10 aliphatic rings. The topological polar surface area (TPSA) is 192 Å². The van der Waals surface area contributed by atoms with Crippen molar-refractivity contribution in [1.29, 1.82) is 0 Å². The van der Waals surface area contributed by atoms with E-state index >= 15 is 0 Å². The molecule has 14 unspecified atom stereocenters. The van der Waals surface area contributed by atoms with Gasteiger partial charge in [-0.25, -0.2) is 4.79 Å². The smallest absolute Gasteiger partial charge is 0.335 e. The van der Waals surface area contributed by atoms with E-state index in [0.717, 1.165) is 25.9 Å². The van der Waals surface area contributed by atoms with E-state index in [0.29, 0.717) is 72.3 Å². The van der Waals surface area contributed by atoms with Gasteiger partial charge in [0.2, 0.25) is 6.29 Å². The zero-order chi connectivity index (χ0) is 45.7. The van der Waals surface area contributed by atoms with Crippen LogP contribution in [0.2, 0.25) is 0 Å². The molecule has 12 rings (SSSR count). The molecule has 2 aromatic rings. The number of aromatic carboxylic acids is 1. The number of hydrogen-bond donors (Lipinski definition) is 6. The van der Waals surface area contributed by atoms with Crippen molar-refractivity contribution >= 4 is 22.5 Å². The van der Waals surface area contributed by atoms with Crippen LogP contribution >= 0.6 is 0 Å². The number of aliphatic hydroxyl groups excluding tert-OH is 4. The quantitative estimate of drug-likeness (QED) is 0.148. The van der Waals surface area contributed by atoms with E-state index in [4.69, 9.17) is 18.9 Å². The van der Waals surface area contributed by atoms with E-state index in [1.54, 1.807) is 13.0 Å². The summed E-state index contributed by atoms with van der Waals surface area (Å²) in [6.45, 7) is 4.47. The molecule has 12 heteroatoms. The van der Waals surface area contributed by atoms with Crippen LogP contribution < -0.4 is 4.74 Å². The summed E-state index contributed by atoms with van der Waals surface area (Å²) in [5, 5.41) is 70.0. The van der Waals surface area contributed by atoms with Crippen molar-refractivity contribution in [3.05, 3.63) is 57.7 Å². The summed E-state index contributed by atoms with van der Waals surface area (Å²) >= 11 is 0. The number of rotatable bonds is 7. The number of carboxylic acids is 1. The summed E-state index contributed by atoms with van der Waals surface area (Å²) in [6, 6.07) is 4.23. The number of aromatic hydroxyl groups is 1. The molecule has 66 heavy (non-hydrogen) atoms. The number of carbonyl (C=O) groups is 2. The van der Waals surface area contributed by atoms with Gasteiger partial charge in [-0.1, -0.05) is 31.4 Å². The highest BCUT2D eigenvalue weighted by Gasteiger charge is 2.71. The first-order chi connectivity index (χ1) is 31.7. The lowest BCUT2D eigenvalue weighted by molar-refractivity contribution is -0.336. The summed E-state index contributed by atoms with van der Waals surface area (Å²) in [4.78, 5) is 25.2. The molecule has 0 amide bonds. The van der Waals surface area contributed by atoms with Gasteiger partial charge in [-0.15, -0.1) is 0 Å². The molecule has 0 aromatic heterocycles. The summed E-state index contributed by atoms with van der Waals surface area (Å²) in [6.07, 6.45) is 13.8. The average Bonchev–Trinajstić information content (AvgIpc) is 4.07. The molecule has 14 atom stereocenters. The Bertz CT molecular complexity index is 2430. The summed E-state index contributed by atoms with van der Waals surface area (Å²) in [7, 11) is 0. The molecule has 12 nitrogen and oxygen atoms in total. The minimum absolute atomic E-state index is 0.0403. The largest absolute Gasteiger partial charge is 0.506 e. The van der Waals surface area contributed by atoms with E-state index in [-0.39, 0.29) is 63.1 Å². The number of aliphatic hydroxyl groups is 4. The number of aryl methyl sites for hydroxylation is 1. The fourth-order valence-electron chi connectivity index (χ4n) is 18.2. The number of allylic oxidation sites excluding steroid dienone is 2. The zero-order valence-corrected chi connectivity index (χ0v) is 38.6. The van der Waals surface area contributed by atoms with Crippen molar-refractivity contribution in [3.8, 4) is 11.5 Å². The van der Waals surface area contributed by atoms with Gasteiger partial charge in [-0.3, -0.25) is 4.79 Å². The van der Waals surface area contributed by atoms with Crippen LogP contribution in [-0.4, -0.2) is 105 Å². The fraction of sp³-hybridized carbons (Fsp3) is 0.704. The Morgan fingerprint density at radius 3 is 2.50 bits per heavy atom. The highest BCUT2D eigenvalue weighted by molar-refractivity contribution is 6.08. The molecular formula is C54H68O12. The molecule has 2 bridgehead atoms. The van der Waals surface area contributed by atoms with Crippen LogP contribution in [0.1, 0.15) is 149 Å². The van der Waals surface area contributed by atoms with Crippen molar-refractivity contribution in [3.63, 3.8) is 0 Å². The molecule has 0 radical (unpaired) electrons. The van der Waals surface area contributed by atoms with Gasteiger partial charge in [0.1, 0.15) is 35.4 Å². The van der Waals surface area contributed by atoms with Crippen LogP contribution in [0.5, 0.6) is 11.5 Å². The van der Waals surface area contributed by atoms with E-state index in [9.17, 15) is 40.2 Å². The van der Waals surface area contributed by atoms with Gasteiger partial charge >= 0.3 is 5.97 Å². The molecule has 8 fully saturated rings. The maximum atomic E-state index is 12.9. The standard InChI is InChI=1S/C54H68O12/c1-28-19-30-20-31(48(61)62)21-39(41(30)44(58)40(28)29(2)56)64-49-45(59)46(60)54-24-34-35-23-50(16-17-52(26-50)14-5-13-51(52)11-3-4-12-51)22-32-25-63-27-53(43(32)35,15-6-18-55)36-8-7-33(42(34)36)38(66-54)10-9-37(57)47(54)65-49/h8,19-21,32,34-35,37-38,43,45-47,49,55,57-60H,3-7,9-18,22-27H2,1-2H3,(H,61,62). The Balaban J connectivity index is 0.947. The van der Waals surface area contributed by atoms with Crippen molar-refractivity contribution in [1.82, 2.24) is 0 Å². The number of carboxylic acid groups (broad SMARTS) is 1. The minimum atomic E-state index is -1.71. The Morgan fingerprint density at radius 1 is 0.939 bits per heavy atom. The summed E-state index contributed by atoms with van der Waals surface area (Å²) in [5.74, 6) is -1.33. The van der Waals surface area contributed by atoms with Crippen LogP contribution in [0.3, 0.4) is 0 Å². The third-order valence-electron chi connectivity index (χ3n) is 20.3. The van der Waals surface area contributed by atoms with Crippen molar-refractivity contribution < 1.29 is 59.2 Å². The van der Waals surface area contributed by atoms with E-state index in [1.807, 2.05) is 0 Å². The highest BCUT2D eigenvalue weighted by atomic mass is 16.7. The molecule has 4 spiro atoms. The predicted octanol–water partition coefficient (Wildman–Crippen LogP) is 7.85. The Labute approximate surface area is 386 Å². The number of benzene rings is 2. The highest BCUT2D eigenvalue weighted by Crippen LogP contribution is 2.76. The molecular weight excluding hydrogens is 841 g/mol. The van der Waals surface area contributed by atoms with Crippen LogP contribution in [0, 0.1) is 52.3 Å². The second-order valence-electron chi connectivity index (χ2n) is 23.3. The lowest BCUT2D eigenvalue weighted by atomic mass is 9.42. The van der Waals surface area contributed by atoms with Gasteiger partial charge in [0.15, 0.2) is 5.78 Å². The Kier molecular flexibility index (Phi) is 10.2. The minimum Gasteiger partial charge on any atom is -0.506 e. The third-order valence-corrected chi connectivity index (χ3v) is 20.3. The number of hydrogen-bond acceptors (Lipinski definition) is 11. The third kappa shape index (κ3) is 6.00. The van der Waals surface area contributed by atoms with Crippen LogP contribution in [0.4, 0.5) is 0 Å². The maximum absolute atomic E-state index is 12.9. The first kappa shape index (κ1) is 43.9. The van der Waals surface area contributed by atoms with E-state index < -0.39 is 48.4 Å². The Hall–Kier alpha value is -3.36. The van der Waals surface area contributed by atoms with Crippen LogP contribution in [-0.2, 0) is 14.2 Å². The van der Waals surface area contributed by atoms with Gasteiger partial charge < -0.3 is 49.6 Å². The van der Waals surface area contributed by atoms with Crippen molar-refractivity contribution in [2.75, 3.05) is 19.8 Å². The number of fused-ring (bicyclic) bond motifs is 6. The molecule has 6 aliphatic carbocycles. The maximum Gasteiger partial charge on any atom is 0.335 e. The second-order valence-corrected chi connectivity index (χ2v) is 23.3. The summed E-state index contributed by atoms with van der Waals surface area (Å²) in [5.41, 5.74) is 3.52. The number of ether oxygens (including phenoxy) is 4. The number of phenols is 1. The number of phenolic OH excluding ortho intramolecular Hbond substituents is 1. The first-order valence-electron chi connectivity index (χ1n) is 25.4. The lowest BCUT2D eigenvalue weighted by Crippen LogP contribution is -2.71. The molecule has 4 aliphatic heterocycles. The normalized spacial score (nSPS) is 42.8. The molecule has 6 N–H and O–H groups in total. The van der Waals surface area contributed by atoms with Crippen molar-refractivity contribution in [2.24, 2.45) is 45.3 Å². The van der Waals surface area contributed by atoms with Gasteiger partial charge in [0.05, 0.1) is 35.3 Å². The fourth-order valence-corrected chi connectivity index (χ4v) is 18.2. The van der Waals surface area contributed by atoms with E-state index in [1.165, 1.54) is 100.0 Å². The number of ketones is 1. The van der Waals surface area contributed by atoms with Gasteiger partial charge in [0.25, 0.3) is 0 Å². The average molecular weight is 909 g/mol. The second kappa shape index (κ2) is 15.3. The van der Waals surface area contributed by atoms with Gasteiger partial charge in [0, 0.05) is 18.6 Å². The SMILES string of the molecule is CC(=O)c1c(C)cc2cc(C(=O)O)cc(OC3OC4C(O)CCC5OC4(CC4C6=C5CC=C6C5(CCCO)COCC6CC7(CCC8(CCCC89CCCC9)C7)CC4C65)C(O)C3O)c2c1O. The van der Waals surface area contributed by atoms with Crippen LogP contribution in [0.15, 0.2) is 41.0 Å². The van der Waals surface area contributed by atoms with Crippen molar-refractivity contribution in [2.45, 2.75) is 172 Å². The summed E-state index contributed by atoms with van der Waals surface area (Å²) < 4.78 is 27.3. The number of carbonyl (C=O) groups excluding carboxylic acids is 1. The van der Waals surface area contributed by atoms with Crippen LogP contribution in [0.25, 0.3) is 10.8 Å². The van der Waals surface area contributed by atoms with E-state index in [2.05, 4.69) is 6.08 Å².